The predicted molar refractivity (Wildman–Crippen MR) is 73.3 cm³/mol. The van der Waals surface area contributed by atoms with Gasteiger partial charge in [0.1, 0.15) is 5.82 Å². The summed E-state index contributed by atoms with van der Waals surface area (Å²) in [6.07, 6.45) is 0. The molecule has 18 heavy (non-hydrogen) atoms. The average Bonchev–Trinajstić information content (AvgIpc) is 2.34. The molecule has 0 aliphatic rings. The van der Waals surface area contributed by atoms with Crippen LogP contribution in [0.3, 0.4) is 0 Å². The Bertz CT molecular complexity index is 632. The number of nitrogens with zero attached hydrogens (tertiary/aromatic N) is 1. The van der Waals surface area contributed by atoms with E-state index in [0.717, 1.165) is 15.7 Å². The number of aryl methyl sites for hydroxylation is 1. The molecule has 0 saturated carbocycles. The molecule has 2 nitrogen and oxygen atoms in total. The monoisotopic (exact) mass is 304 g/mol. The largest absolute Gasteiger partial charge is 0.355 e. The lowest BCUT2D eigenvalue weighted by Crippen LogP contribution is -1.94. The molecule has 0 heterocycles. The second kappa shape index (κ2) is 5.19. The summed E-state index contributed by atoms with van der Waals surface area (Å²) >= 11 is 3.35. The van der Waals surface area contributed by atoms with Crippen LogP contribution in [0.2, 0.25) is 0 Å². The van der Waals surface area contributed by atoms with Gasteiger partial charge in [0, 0.05) is 10.2 Å². The van der Waals surface area contributed by atoms with Crippen molar-refractivity contribution >= 4 is 27.3 Å². The molecule has 2 rings (SSSR count). The topological polar surface area (TPSA) is 35.8 Å². The molecule has 0 bridgehead atoms. The fourth-order valence-corrected chi connectivity index (χ4v) is 1.96. The number of anilines is 2. The van der Waals surface area contributed by atoms with Crippen molar-refractivity contribution in [2.75, 3.05) is 5.32 Å². The number of nitriles is 1. The van der Waals surface area contributed by atoms with Crippen LogP contribution >= 0.6 is 15.9 Å². The zero-order valence-corrected chi connectivity index (χ0v) is 11.3. The Morgan fingerprint density at radius 2 is 2.00 bits per heavy atom. The van der Waals surface area contributed by atoms with Gasteiger partial charge < -0.3 is 5.32 Å². The molecule has 4 heteroatoms. The molecule has 0 aromatic heterocycles. The predicted octanol–water partition coefficient (Wildman–Crippen LogP) is 4.51. The number of hydrogen-bond acceptors (Lipinski definition) is 2. The molecule has 2 aromatic carbocycles. The van der Waals surface area contributed by atoms with Crippen LogP contribution in [0.1, 0.15) is 11.1 Å². The van der Waals surface area contributed by atoms with Crippen molar-refractivity contribution in [3.8, 4) is 6.07 Å². The highest BCUT2D eigenvalue weighted by Gasteiger charge is 2.04. The van der Waals surface area contributed by atoms with Gasteiger partial charge >= 0.3 is 0 Å². The van der Waals surface area contributed by atoms with Gasteiger partial charge in [0.05, 0.1) is 17.3 Å². The molecule has 0 unspecified atom stereocenters. The zero-order chi connectivity index (χ0) is 13.1. The normalized spacial score (nSPS) is 9.89. The molecule has 0 aliphatic heterocycles. The highest BCUT2D eigenvalue weighted by molar-refractivity contribution is 9.10. The van der Waals surface area contributed by atoms with Crippen LogP contribution in [-0.2, 0) is 0 Å². The van der Waals surface area contributed by atoms with Crippen molar-refractivity contribution < 1.29 is 4.39 Å². The highest BCUT2D eigenvalue weighted by Crippen LogP contribution is 2.27. The summed E-state index contributed by atoms with van der Waals surface area (Å²) in [6, 6.07) is 12.0. The Morgan fingerprint density at radius 1 is 1.22 bits per heavy atom. The number of benzene rings is 2. The maximum atomic E-state index is 13.1. The SMILES string of the molecule is Cc1cc(Nc2cc(F)ccc2Br)ccc1C#N. The van der Waals surface area contributed by atoms with Crippen LogP contribution in [0.25, 0.3) is 0 Å². The summed E-state index contributed by atoms with van der Waals surface area (Å²) in [6.45, 7) is 1.87. The van der Waals surface area contributed by atoms with Crippen LogP contribution < -0.4 is 5.32 Å². The fraction of sp³-hybridized carbons (Fsp3) is 0.0714. The first-order valence-corrected chi connectivity index (χ1v) is 6.12. The van der Waals surface area contributed by atoms with Crippen LogP contribution in [-0.4, -0.2) is 0 Å². The summed E-state index contributed by atoms with van der Waals surface area (Å²) in [5.74, 6) is -0.300. The lowest BCUT2D eigenvalue weighted by atomic mass is 10.1. The average molecular weight is 305 g/mol. The van der Waals surface area contributed by atoms with Gasteiger partial charge in [-0.05, 0) is 64.8 Å². The number of rotatable bonds is 2. The number of halogens is 2. The molecule has 0 aliphatic carbocycles. The second-order valence-corrected chi connectivity index (χ2v) is 4.75. The van der Waals surface area contributed by atoms with Crippen molar-refractivity contribution in [2.24, 2.45) is 0 Å². The third kappa shape index (κ3) is 2.69. The lowest BCUT2D eigenvalue weighted by Gasteiger charge is -2.10. The van der Waals surface area contributed by atoms with Crippen LogP contribution in [0, 0.1) is 24.1 Å². The minimum Gasteiger partial charge on any atom is -0.355 e. The molecule has 1 N–H and O–H groups in total. The van der Waals surface area contributed by atoms with E-state index >= 15 is 0 Å². The van der Waals surface area contributed by atoms with E-state index in [9.17, 15) is 4.39 Å². The minimum atomic E-state index is -0.300. The first-order valence-electron chi connectivity index (χ1n) is 5.33. The van der Waals surface area contributed by atoms with Gasteiger partial charge in [-0.1, -0.05) is 0 Å². The number of hydrogen-bond donors (Lipinski definition) is 1. The Balaban J connectivity index is 2.32. The van der Waals surface area contributed by atoms with Gasteiger partial charge in [0.15, 0.2) is 0 Å². The van der Waals surface area contributed by atoms with E-state index in [4.69, 9.17) is 5.26 Å². The van der Waals surface area contributed by atoms with Crippen LogP contribution in [0.15, 0.2) is 40.9 Å². The van der Waals surface area contributed by atoms with Gasteiger partial charge in [-0.2, -0.15) is 5.26 Å². The van der Waals surface area contributed by atoms with Gasteiger partial charge in [0.2, 0.25) is 0 Å². The molecule has 2 aromatic rings. The Kier molecular flexibility index (Phi) is 3.63. The van der Waals surface area contributed by atoms with E-state index in [1.54, 1.807) is 18.2 Å². The zero-order valence-electron chi connectivity index (χ0n) is 9.67. The minimum absolute atomic E-state index is 0.300. The fourth-order valence-electron chi connectivity index (χ4n) is 1.62. The molecule has 0 spiro atoms. The Labute approximate surface area is 113 Å². The quantitative estimate of drug-likeness (QED) is 0.886. The molecule has 0 atom stereocenters. The van der Waals surface area contributed by atoms with Gasteiger partial charge in [0.25, 0.3) is 0 Å². The van der Waals surface area contributed by atoms with Crippen molar-refractivity contribution in [2.45, 2.75) is 6.92 Å². The van der Waals surface area contributed by atoms with Crippen molar-refractivity contribution in [3.05, 3.63) is 57.8 Å². The molecular formula is C14H10BrFN2. The molecule has 0 amide bonds. The summed E-state index contributed by atoms with van der Waals surface area (Å²) in [7, 11) is 0. The lowest BCUT2D eigenvalue weighted by molar-refractivity contribution is 0.628. The Hall–Kier alpha value is -1.86. The second-order valence-electron chi connectivity index (χ2n) is 3.89. The summed E-state index contributed by atoms with van der Waals surface area (Å²) < 4.78 is 13.9. The molecule has 90 valence electrons. The highest BCUT2D eigenvalue weighted by atomic mass is 79.9. The molecule has 0 fully saturated rings. The van der Waals surface area contributed by atoms with Crippen LogP contribution in [0.5, 0.6) is 0 Å². The smallest absolute Gasteiger partial charge is 0.125 e. The van der Waals surface area contributed by atoms with Gasteiger partial charge in [-0.15, -0.1) is 0 Å². The van der Waals surface area contributed by atoms with E-state index in [-0.39, 0.29) is 5.82 Å². The van der Waals surface area contributed by atoms with Gasteiger partial charge in [-0.3, -0.25) is 0 Å². The third-order valence-corrected chi connectivity index (χ3v) is 3.25. The molecule has 0 saturated heterocycles. The maximum Gasteiger partial charge on any atom is 0.125 e. The summed E-state index contributed by atoms with van der Waals surface area (Å²) in [5, 5.41) is 12.0. The number of nitrogens with one attached hydrogen (secondary N) is 1. The van der Waals surface area contributed by atoms with E-state index < -0.39 is 0 Å². The van der Waals surface area contributed by atoms with Crippen molar-refractivity contribution in [1.82, 2.24) is 0 Å². The van der Waals surface area contributed by atoms with Crippen molar-refractivity contribution in [3.63, 3.8) is 0 Å². The third-order valence-electron chi connectivity index (χ3n) is 2.55. The summed E-state index contributed by atoms with van der Waals surface area (Å²) in [4.78, 5) is 0. The van der Waals surface area contributed by atoms with Crippen LogP contribution in [0.4, 0.5) is 15.8 Å². The van der Waals surface area contributed by atoms with E-state index in [1.165, 1.54) is 12.1 Å². The molecule has 0 radical (unpaired) electrons. The van der Waals surface area contributed by atoms with E-state index in [1.807, 2.05) is 13.0 Å². The van der Waals surface area contributed by atoms with E-state index in [0.29, 0.717) is 11.3 Å². The van der Waals surface area contributed by atoms with Crippen molar-refractivity contribution in [1.29, 1.82) is 5.26 Å². The first kappa shape index (κ1) is 12.6. The molecular weight excluding hydrogens is 295 g/mol. The van der Waals surface area contributed by atoms with E-state index in [2.05, 4.69) is 27.3 Å². The maximum absolute atomic E-state index is 13.1. The standard InChI is InChI=1S/C14H10BrFN2/c1-9-6-12(4-2-10(9)8-17)18-14-7-11(16)3-5-13(14)15/h2-7,18H,1H3. The van der Waals surface area contributed by atoms with Gasteiger partial charge in [-0.25, -0.2) is 4.39 Å². The summed E-state index contributed by atoms with van der Waals surface area (Å²) in [5.41, 5.74) is 2.99. The first-order chi connectivity index (χ1) is 8.60. The Morgan fingerprint density at radius 3 is 2.67 bits per heavy atom.